The van der Waals surface area contributed by atoms with Crippen LogP contribution in [0, 0.1) is 0 Å². The second-order valence-electron chi connectivity index (χ2n) is 16.9. The average Bonchev–Trinajstić information content (AvgIpc) is 3.33. The Labute approximate surface area is 410 Å². The Morgan fingerprint density at radius 1 is 0.551 bits per heavy atom. The number of hydrogen-bond acceptors (Lipinski definition) is 15. The zero-order chi connectivity index (χ0) is 49.1. The topological polar surface area (TPSA) is 216 Å². The highest BCUT2D eigenvalue weighted by molar-refractivity contribution is 9.10. The molecule has 20 heteroatoms. The van der Waals surface area contributed by atoms with Crippen molar-refractivity contribution in [1.29, 1.82) is 0 Å². The minimum Gasteiger partial charge on any atom is -0.368 e. The number of ketones is 3. The number of benzene rings is 3. The van der Waals surface area contributed by atoms with Gasteiger partial charge in [-0.25, -0.2) is 15.0 Å². The zero-order valence-electron chi connectivity index (χ0n) is 37.6. The SMILES string of the molecule is Nc1ncc(Cc2ccc(Br)cc2)c(N2CCCC(=O)C2)n1.Nc1ncc(Cc2ccc(Cl)cc2)c(N2CCCC(=O)C2)n1.Nc1ncc(Cc2cccc(C(F)(F)F)c2)c(N2CCC(=O)CC2)n1. The summed E-state index contributed by atoms with van der Waals surface area (Å²) in [6.45, 7) is 3.48. The van der Waals surface area contributed by atoms with Gasteiger partial charge < -0.3 is 31.9 Å². The molecule has 6 aromatic rings. The molecule has 0 amide bonds. The van der Waals surface area contributed by atoms with E-state index in [4.69, 9.17) is 28.8 Å². The van der Waals surface area contributed by atoms with Crippen LogP contribution in [0.2, 0.25) is 5.02 Å². The summed E-state index contributed by atoms with van der Waals surface area (Å²) in [6.07, 6.45) is 6.16. The molecule has 0 atom stereocenters. The summed E-state index contributed by atoms with van der Waals surface area (Å²) >= 11 is 9.35. The molecule has 360 valence electrons. The van der Waals surface area contributed by atoms with Gasteiger partial charge in [-0.15, -0.1) is 0 Å². The maximum absolute atomic E-state index is 12.9. The number of nitrogen functional groups attached to an aromatic ring is 3. The molecule has 3 aliphatic heterocycles. The number of anilines is 6. The molecule has 3 aromatic carbocycles. The van der Waals surface area contributed by atoms with Crippen LogP contribution in [-0.4, -0.2) is 86.5 Å². The summed E-state index contributed by atoms with van der Waals surface area (Å²) in [5, 5.41) is 0.708. The number of piperidine rings is 3. The summed E-state index contributed by atoms with van der Waals surface area (Å²) in [4.78, 5) is 65.9. The Balaban J connectivity index is 0.000000153. The van der Waals surface area contributed by atoms with Crippen LogP contribution in [0.15, 0.2) is 95.9 Å². The number of nitrogens with two attached hydrogens (primary N) is 3. The van der Waals surface area contributed by atoms with Gasteiger partial charge in [0.05, 0.1) is 18.7 Å². The van der Waals surface area contributed by atoms with Crippen molar-refractivity contribution in [3.63, 3.8) is 0 Å². The third-order valence-electron chi connectivity index (χ3n) is 11.6. The first kappa shape index (κ1) is 50.2. The smallest absolute Gasteiger partial charge is 0.368 e. The number of carbonyl (C=O) groups is 3. The molecule has 0 saturated carbocycles. The van der Waals surface area contributed by atoms with Crippen molar-refractivity contribution in [2.24, 2.45) is 0 Å². The van der Waals surface area contributed by atoms with Crippen molar-refractivity contribution in [1.82, 2.24) is 29.9 Å². The van der Waals surface area contributed by atoms with Gasteiger partial charge in [0.2, 0.25) is 17.8 Å². The van der Waals surface area contributed by atoms with E-state index in [-0.39, 0.29) is 41.6 Å². The number of halogens is 5. The predicted molar refractivity (Wildman–Crippen MR) is 264 cm³/mol. The lowest BCUT2D eigenvalue weighted by atomic mass is 10.0. The molecule has 15 nitrogen and oxygen atoms in total. The van der Waals surface area contributed by atoms with Gasteiger partial charge in [-0.2, -0.15) is 28.1 Å². The van der Waals surface area contributed by atoms with Crippen molar-refractivity contribution in [2.45, 2.75) is 64.0 Å². The van der Waals surface area contributed by atoms with E-state index in [1.54, 1.807) is 18.5 Å². The maximum Gasteiger partial charge on any atom is 0.416 e. The summed E-state index contributed by atoms with van der Waals surface area (Å²) in [6, 6.07) is 21.0. The molecule has 3 fully saturated rings. The molecule has 69 heavy (non-hydrogen) atoms. The lowest BCUT2D eigenvalue weighted by Crippen LogP contribution is -2.37. The lowest BCUT2D eigenvalue weighted by Gasteiger charge is -2.28. The molecule has 3 saturated heterocycles. The van der Waals surface area contributed by atoms with E-state index in [0.29, 0.717) is 86.7 Å². The number of hydrogen-bond donors (Lipinski definition) is 3. The molecule has 0 radical (unpaired) electrons. The van der Waals surface area contributed by atoms with Gasteiger partial charge in [-0.1, -0.05) is 70.0 Å². The minimum absolute atomic E-state index is 0.0969. The normalized spacial score (nSPS) is 15.3. The number of aromatic nitrogens is 6. The van der Waals surface area contributed by atoms with E-state index < -0.39 is 11.7 Å². The molecule has 0 aliphatic carbocycles. The molecule has 0 bridgehead atoms. The highest BCUT2D eigenvalue weighted by Gasteiger charge is 2.31. The van der Waals surface area contributed by atoms with Gasteiger partial charge in [-0.05, 0) is 59.9 Å². The number of rotatable bonds is 9. The molecule has 3 aliphatic rings. The molecule has 0 spiro atoms. The zero-order valence-corrected chi connectivity index (χ0v) is 40.0. The van der Waals surface area contributed by atoms with Crippen molar-refractivity contribution >= 4 is 80.2 Å². The van der Waals surface area contributed by atoms with E-state index in [9.17, 15) is 27.6 Å². The highest BCUT2D eigenvalue weighted by Crippen LogP contribution is 2.32. The van der Waals surface area contributed by atoms with E-state index in [0.717, 1.165) is 70.9 Å². The third kappa shape index (κ3) is 14.4. The first-order valence-electron chi connectivity index (χ1n) is 22.4. The summed E-state index contributed by atoms with van der Waals surface area (Å²) in [5.41, 5.74) is 21.9. The van der Waals surface area contributed by atoms with E-state index in [2.05, 4.69) is 58.0 Å². The number of alkyl halides is 3. The Bertz CT molecular complexity index is 2640. The largest absolute Gasteiger partial charge is 0.416 e. The maximum atomic E-state index is 12.9. The number of carbonyl (C=O) groups excluding carboxylic acids is 3. The van der Waals surface area contributed by atoms with Gasteiger partial charge in [0.1, 0.15) is 23.2 Å². The minimum atomic E-state index is -4.39. The van der Waals surface area contributed by atoms with Crippen molar-refractivity contribution in [3.05, 3.63) is 140 Å². The Morgan fingerprint density at radius 3 is 1.43 bits per heavy atom. The van der Waals surface area contributed by atoms with Crippen LogP contribution in [0.25, 0.3) is 0 Å². The average molecular weight is 1030 g/mol. The summed E-state index contributed by atoms with van der Waals surface area (Å²) in [5.74, 6) is 3.37. The number of Topliss-reactive ketones (excluding diaryl/α,β-unsaturated/α-hetero) is 3. The molecule has 3 aromatic heterocycles. The van der Waals surface area contributed by atoms with Gasteiger partial charge in [-0.3, -0.25) is 14.4 Å². The summed E-state index contributed by atoms with van der Waals surface area (Å²) < 4.78 is 39.7. The first-order valence-corrected chi connectivity index (χ1v) is 23.5. The second-order valence-corrected chi connectivity index (χ2v) is 18.2. The molecular weight excluding hydrogens is 977 g/mol. The van der Waals surface area contributed by atoms with Crippen LogP contribution in [0.4, 0.5) is 48.5 Å². The van der Waals surface area contributed by atoms with Crippen LogP contribution in [0.1, 0.15) is 77.5 Å². The van der Waals surface area contributed by atoms with Crippen LogP contribution in [0.3, 0.4) is 0 Å². The van der Waals surface area contributed by atoms with Crippen LogP contribution in [0.5, 0.6) is 0 Å². The third-order valence-corrected chi connectivity index (χ3v) is 12.3. The van der Waals surface area contributed by atoms with E-state index >= 15 is 0 Å². The number of nitrogens with zero attached hydrogens (tertiary/aromatic N) is 9. The first-order chi connectivity index (χ1) is 33.1. The van der Waals surface area contributed by atoms with Gasteiger partial charge >= 0.3 is 6.18 Å². The van der Waals surface area contributed by atoms with E-state index in [1.807, 2.05) is 51.1 Å². The quantitative estimate of drug-likeness (QED) is 0.126. The molecule has 0 unspecified atom stereocenters. The van der Waals surface area contributed by atoms with Crippen molar-refractivity contribution in [2.75, 3.05) is 71.2 Å². The second kappa shape index (κ2) is 23.0. The van der Waals surface area contributed by atoms with Crippen LogP contribution in [-0.2, 0) is 39.8 Å². The standard InChI is InChI=1S/C17H17F3N4O.C16H17BrN4O.C16H17ClN4O/c18-17(19,20)13-3-1-2-11(9-13)8-12-10-22-16(21)23-15(12)24-6-4-14(25)5-7-24;2*17-13-5-3-11(4-6-13)8-12-9-19-16(18)20-15(12)21-7-1-2-14(22)10-21/h1-3,9-10H,4-8H2,(H2,21,22,23);2*3-6,9H,1-2,7-8,10H2,(H2,18,19,20). The predicted octanol–water partition coefficient (Wildman–Crippen LogP) is 7.89. The van der Waals surface area contributed by atoms with Crippen molar-refractivity contribution in [3.8, 4) is 0 Å². The fourth-order valence-corrected chi connectivity index (χ4v) is 8.55. The lowest BCUT2D eigenvalue weighted by molar-refractivity contribution is -0.137. The Hall–Kier alpha value is -6.73. The summed E-state index contributed by atoms with van der Waals surface area (Å²) in [7, 11) is 0. The van der Waals surface area contributed by atoms with Gasteiger partial charge in [0, 0.05) is 116 Å². The molecule has 6 N–H and O–H groups in total. The molecule has 9 rings (SSSR count). The van der Waals surface area contributed by atoms with E-state index in [1.165, 1.54) is 17.8 Å². The molecular formula is C49H51BrClF3N12O3. The molecule has 6 heterocycles. The van der Waals surface area contributed by atoms with Gasteiger partial charge in [0.25, 0.3) is 0 Å². The Kier molecular flexibility index (Phi) is 16.8. The van der Waals surface area contributed by atoms with Crippen molar-refractivity contribution < 1.29 is 27.6 Å². The van der Waals surface area contributed by atoms with Gasteiger partial charge in [0.15, 0.2) is 11.6 Å². The fourth-order valence-electron chi connectivity index (χ4n) is 8.16. The monoisotopic (exact) mass is 1030 g/mol. The highest BCUT2D eigenvalue weighted by atomic mass is 79.9. The van der Waals surface area contributed by atoms with Crippen LogP contribution < -0.4 is 31.9 Å². The Morgan fingerprint density at radius 2 is 0.986 bits per heavy atom. The van der Waals surface area contributed by atoms with Crippen LogP contribution >= 0.6 is 27.5 Å². The fraction of sp³-hybridized carbons (Fsp3) is 0.327.